The van der Waals surface area contributed by atoms with E-state index in [1.165, 1.54) is 12.7 Å². The van der Waals surface area contributed by atoms with Gasteiger partial charge in [-0.3, -0.25) is 0 Å². The second-order valence-electron chi connectivity index (χ2n) is 5.63. The van der Waals surface area contributed by atoms with Crippen molar-refractivity contribution in [2.24, 2.45) is 5.41 Å². The molecule has 0 unspecified atom stereocenters. The first-order valence-electron chi connectivity index (χ1n) is 6.27. The molecule has 0 amide bonds. The van der Waals surface area contributed by atoms with Gasteiger partial charge in [0.2, 0.25) is 5.88 Å². The van der Waals surface area contributed by atoms with Crippen LogP contribution in [0.3, 0.4) is 0 Å². The van der Waals surface area contributed by atoms with Gasteiger partial charge in [0.05, 0.1) is 12.2 Å². The van der Waals surface area contributed by atoms with E-state index in [2.05, 4.69) is 40.8 Å². The molecule has 0 aliphatic carbocycles. The molecule has 0 saturated carbocycles. The van der Waals surface area contributed by atoms with Crippen molar-refractivity contribution in [3.05, 3.63) is 24.5 Å². The molecule has 6 heteroatoms. The monoisotopic (exact) mass is 261 g/mol. The molecule has 102 valence electrons. The number of hydrogen-bond acceptors (Lipinski definition) is 5. The van der Waals surface area contributed by atoms with Crippen LogP contribution in [0.2, 0.25) is 0 Å². The lowest BCUT2D eigenvalue weighted by molar-refractivity contribution is 0.234. The minimum atomic E-state index is 0.246. The molecule has 0 fully saturated rings. The molecule has 6 nitrogen and oxygen atoms in total. The van der Waals surface area contributed by atoms with Crippen LogP contribution in [-0.4, -0.2) is 31.3 Å². The van der Waals surface area contributed by atoms with Gasteiger partial charge in [0, 0.05) is 0 Å². The highest BCUT2D eigenvalue weighted by atomic mass is 16.5. The Morgan fingerprint density at radius 2 is 2.00 bits per heavy atom. The van der Waals surface area contributed by atoms with Crippen LogP contribution >= 0.6 is 0 Å². The van der Waals surface area contributed by atoms with Gasteiger partial charge in [0.1, 0.15) is 19.0 Å². The molecule has 2 rings (SSSR count). The minimum absolute atomic E-state index is 0.246. The summed E-state index contributed by atoms with van der Waals surface area (Å²) in [5, 5.41) is 4.07. The second kappa shape index (κ2) is 5.34. The van der Waals surface area contributed by atoms with Crippen molar-refractivity contribution >= 4 is 0 Å². The molecule has 2 heterocycles. The lowest BCUT2D eigenvalue weighted by atomic mass is 9.93. The fourth-order valence-corrected chi connectivity index (χ4v) is 1.57. The third-order valence-corrected chi connectivity index (χ3v) is 2.74. The summed E-state index contributed by atoms with van der Waals surface area (Å²) < 4.78 is 7.34. The van der Waals surface area contributed by atoms with E-state index in [0.29, 0.717) is 18.3 Å². The van der Waals surface area contributed by atoms with Crippen molar-refractivity contribution in [1.82, 2.24) is 24.7 Å². The first-order chi connectivity index (χ1) is 8.97. The van der Waals surface area contributed by atoms with Gasteiger partial charge in [-0.05, 0) is 18.8 Å². The summed E-state index contributed by atoms with van der Waals surface area (Å²) in [6, 6.07) is 0. The van der Waals surface area contributed by atoms with Gasteiger partial charge < -0.3 is 4.74 Å². The first kappa shape index (κ1) is 13.5. The van der Waals surface area contributed by atoms with Gasteiger partial charge in [-0.15, -0.1) is 0 Å². The highest BCUT2D eigenvalue weighted by Crippen LogP contribution is 2.22. The molecule has 19 heavy (non-hydrogen) atoms. The number of ether oxygens (including phenoxy) is 1. The van der Waals surface area contributed by atoms with E-state index in [0.717, 1.165) is 12.0 Å². The van der Waals surface area contributed by atoms with Gasteiger partial charge in [0.15, 0.2) is 5.82 Å². The number of rotatable bonds is 4. The third kappa shape index (κ3) is 3.49. The summed E-state index contributed by atoms with van der Waals surface area (Å²) in [6.45, 7) is 9.11. The average molecular weight is 261 g/mol. The minimum Gasteiger partial charge on any atom is -0.477 e. The highest BCUT2D eigenvalue weighted by Gasteiger charge is 2.13. The van der Waals surface area contributed by atoms with Gasteiger partial charge in [-0.1, -0.05) is 20.8 Å². The molecule has 2 aromatic rings. The Kier molecular flexibility index (Phi) is 3.78. The lowest BCUT2D eigenvalue weighted by Gasteiger charge is -2.18. The molecule has 0 atom stereocenters. The predicted octanol–water partition coefficient (Wildman–Crippen LogP) is 2.18. The number of nitrogens with zero attached hydrogens (tertiary/aromatic N) is 5. The van der Waals surface area contributed by atoms with E-state index in [1.54, 1.807) is 11.0 Å². The Bertz CT molecular complexity index is 530. The molecule has 0 aliphatic rings. The maximum absolute atomic E-state index is 5.74. The van der Waals surface area contributed by atoms with E-state index >= 15 is 0 Å². The quantitative estimate of drug-likeness (QED) is 0.844. The Morgan fingerprint density at radius 1 is 1.21 bits per heavy atom. The fourth-order valence-electron chi connectivity index (χ4n) is 1.57. The zero-order valence-corrected chi connectivity index (χ0v) is 11.8. The highest BCUT2D eigenvalue weighted by molar-refractivity contribution is 5.37. The zero-order chi connectivity index (χ0) is 13.9. The normalized spacial score (nSPS) is 11.6. The van der Waals surface area contributed by atoms with E-state index in [1.807, 2.05) is 6.92 Å². The van der Waals surface area contributed by atoms with E-state index < -0.39 is 0 Å². The van der Waals surface area contributed by atoms with E-state index in [-0.39, 0.29) is 5.41 Å². The molecule has 0 N–H and O–H groups in total. The largest absolute Gasteiger partial charge is 0.477 e. The summed E-state index contributed by atoms with van der Waals surface area (Å²) in [4.78, 5) is 12.3. The number of hydrogen-bond donors (Lipinski definition) is 0. The summed E-state index contributed by atoms with van der Waals surface area (Å²) >= 11 is 0. The van der Waals surface area contributed by atoms with Crippen LogP contribution in [-0.2, 0) is 0 Å². The molecule has 0 aliphatic heterocycles. The van der Waals surface area contributed by atoms with E-state index in [9.17, 15) is 0 Å². The molecular weight excluding hydrogens is 242 g/mol. The summed E-state index contributed by atoms with van der Waals surface area (Å²) in [5.41, 5.74) is 1.11. The standard InChI is InChI=1S/C13H19N5O/c1-10-11(18-9-14-7-17-18)15-8-16-12(10)19-6-5-13(2,3)4/h7-9H,5-6H2,1-4H3. The first-order valence-corrected chi connectivity index (χ1v) is 6.27. The Morgan fingerprint density at radius 3 is 2.63 bits per heavy atom. The maximum Gasteiger partial charge on any atom is 0.221 e. The van der Waals surface area contributed by atoms with Crippen LogP contribution in [0.1, 0.15) is 32.8 Å². The third-order valence-electron chi connectivity index (χ3n) is 2.74. The Hall–Kier alpha value is -1.98. The van der Waals surface area contributed by atoms with Crippen molar-refractivity contribution in [1.29, 1.82) is 0 Å². The Labute approximate surface area is 112 Å². The summed E-state index contributed by atoms with van der Waals surface area (Å²) in [7, 11) is 0. The van der Waals surface area contributed by atoms with Crippen LogP contribution in [0, 0.1) is 12.3 Å². The average Bonchev–Trinajstić information content (AvgIpc) is 2.83. The lowest BCUT2D eigenvalue weighted by Crippen LogP contribution is -2.13. The molecule has 0 saturated heterocycles. The summed E-state index contributed by atoms with van der Waals surface area (Å²) in [6.07, 6.45) is 5.53. The van der Waals surface area contributed by atoms with Crippen LogP contribution < -0.4 is 4.74 Å². The van der Waals surface area contributed by atoms with Crippen molar-refractivity contribution < 1.29 is 4.74 Å². The second-order valence-corrected chi connectivity index (χ2v) is 5.63. The molecule has 2 aromatic heterocycles. The molecule has 0 spiro atoms. The SMILES string of the molecule is Cc1c(OCCC(C)(C)C)ncnc1-n1cncn1. The zero-order valence-electron chi connectivity index (χ0n) is 11.8. The van der Waals surface area contributed by atoms with Gasteiger partial charge in [0.25, 0.3) is 0 Å². The smallest absolute Gasteiger partial charge is 0.221 e. The van der Waals surface area contributed by atoms with E-state index in [4.69, 9.17) is 4.74 Å². The Balaban J connectivity index is 2.12. The predicted molar refractivity (Wildman–Crippen MR) is 71.3 cm³/mol. The molecule has 0 radical (unpaired) electrons. The molecular formula is C13H19N5O. The molecule has 0 aromatic carbocycles. The van der Waals surface area contributed by atoms with Gasteiger partial charge in [-0.25, -0.2) is 19.6 Å². The van der Waals surface area contributed by atoms with Crippen molar-refractivity contribution in [2.75, 3.05) is 6.61 Å². The van der Waals surface area contributed by atoms with Gasteiger partial charge in [-0.2, -0.15) is 5.10 Å². The van der Waals surface area contributed by atoms with Crippen molar-refractivity contribution in [2.45, 2.75) is 34.1 Å². The van der Waals surface area contributed by atoms with Crippen LogP contribution in [0.4, 0.5) is 0 Å². The molecule has 0 bridgehead atoms. The number of aromatic nitrogens is 5. The van der Waals surface area contributed by atoms with Gasteiger partial charge >= 0.3 is 0 Å². The van der Waals surface area contributed by atoms with Crippen molar-refractivity contribution in [3.8, 4) is 11.7 Å². The van der Waals surface area contributed by atoms with Crippen LogP contribution in [0.25, 0.3) is 5.82 Å². The fraction of sp³-hybridized carbons (Fsp3) is 0.538. The van der Waals surface area contributed by atoms with Crippen molar-refractivity contribution in [3.63, 3.8) is 0 Å². The summed E-state index contributed by atoms with van der Waals surface area (Å²) in [5.74, 6) is 1.29. The van der Waals surface area contributed by atoms with Crippen LogP contribution in [0.15, 0.2) is 19.0 Å². The topological polar surface area (TPSA) is 65.7 Å². The van der Waals surface area contributed by atoms with Crippen LogP contribution in [0.5, 0.6) is 5.88 Å². The maximum atomic E-state index is 5.74.